The molecular weight excluding hydrogens is 1550 g/mol. The Hall–Kier alpha value is -7.12. The van der Waals surface area contributed by atoms with Crippen molar-refractivity contribution in [2.45, 2.75) is 205 Å². The maximum atomic E-state index is 14.9. The lowest BCUT2D eigenvalue weighted by molar-refractivity contribution is -0.137. The average Bonchev–Trinajstić information content (AvgIpc) is 0.912. The zero-order chi connectivity index (χ0) is 82.7. The van der Waals surface area contributed by atoms with Crippen LogP contribution in [-0.4, -0.2) is 286 Å². The molecule has 0 bridgehead atoms. The molecule has 0 spiro atoms. The molecule has 0 aromatic rings. The number of nitrogens with zero attached hydrogens (tertiary/aromatic N) is 2. The number of nitrogens with one attached hydrogen (secondary N) is 15. The largest absolute Gasteiger partial charge is 0.391 e. The van der Waals surface area contributed by atoms with E-state index in [2.05, 4.69) is 85.0 Å². The molecule has 11 amide bonds. The molecule has 108 heavy (non-hydrogen) atoms. The summed E-state index contributed by atoms with van der Waals surface area (Å²) in [6, 6.07) is -19.0. The van der Waals surface area contributed by atoms with Crippen LogP contribution in [0.15, 0.2) is 5.29 Å². The van der Waals surface area contributed by atoms with Crippen molar-refractivity contribution in [2.75, 3.05) is 68.7 Å². The Labute approximate surface area is 626 Å². The minimum atomic E-state index is -4.89. The van der Waals surface area contributed by atoms with Crippen molar-refractivity contribution < 1.29 is 128 Å². The normalized spacial score (nSPS) is 21.1. The molecule has 1 saturated heterocycles. The van der Waals surface area contributed by atoms with Crippen LogP contribution in [0.5, 0.6) is 0 Å². The van der Waals surface area contributed by atoms with Crippen LogP contribution in [0.1, 0.15) is 132 Å². The molecule has 1 aliphatic rings. The fraction of sp³-hybridized carbons (Fsp3) is 0.807. The fourth-order valence-corrected chi connectivity index (χ4v) is 12.3. The zero-order valence-electron chi connectivity index (χ0n) is 61.0. The number of carbonyl (C=O) groups excluding carboxylic acids is 11. The third-order valence-electron chi connectivity index (χ3n) is 15.5. The number of unbranched alkanes of at least 4 members (excludes halogenated alkanes) is 1. The summed E-state index contributed by atoms with van der Waals surface area (Å²) in [6.45, 7) is 8.53. The molecular formula is C57H107N17O29S5. The van der Waals surface area contributed by atoms with Crippen molar-refractivity contribution in [3.63, 3.8) is 0 Å². The molecule has 0 radical (unpaired) electrons. The van der Waals surface area contributed by atoms with Gasteiger partial charge in [-0.15, -0.1) is 4.91 Å². The van der Waals surface area contributed by atoms with Crippen LogP contribution in [0.2, 0.25) is 0 Å². The molecule has 1 rings (SSSR count). The van der Waals surface area contributed by atoms with Crippen molar-refractivity contribution in [1.29, 1.82) is 0 Å². The average molecular weight is 1650 g/mol. The fourth-order valence-electron chi connectivity index (χ4n) is 10.2. The summed E-state index contributed by atoms with van der Waals surface area (Å²) in [4.78, 5) is 169. The highest BCUT2D eigenvalue weighted by atomic mass is 32.2. The second-order valence-electron chi connectivity index (χ2n) is 26.9. The van der Waals surface area contributed by atoms with Crippen molar-refractivity contribution in [3.05, 3.63) is 4.91 Å². The van der Waals surface area contributed by atoms with E-state index in [-0.39, 0.29) is 30.2 Å². The third-order valence-corrected chi connectivity index (χ3v) is 18.4. The van der Waals surface area contributed by atoms with Gasteiger partial charge >= 0.3 is 0 Å². The van der Waals surface area contributed by atoms with Gasteiger partial charge in [-0.05, 0) is 116 Å². The van der Waals surface area contributed by atoms with Gasteiger partial charge in [0, 0.05) is 19.5 Å². The van der Waals surface area contributed by atoms with Crippen molar-refractivity contribution in [2.24, 2.45) is 23.0 Å². The topological polar surface area (TPSA) is 713 Å². The van der Waals surface area contributed by atoms with Crippen LogP contribution in [0.3, 0.4) is 0 Å². The summed E-state index contributed by atoms with van der Waals surface area (Å²) >= 11 is 0. The minimum absolute atomic E-state index is 0.170. The van der Waals surface area contributed by atoms with Gasteiger partial charge in [0.2, 0.25) is 65.0 Å². The predicted molar refractivity (Wildman–Crippen MR) is 382 cm³/mol. The monoisotopic (exact) mass is 1650 g/mol. The summed E-state index contributed by atoms with van der Waals surface area (Å²) in [5.41, 5.74) is 0. The molecule has 0 unspecified atom stereocenters. The molecule has 22 N–H and O–H groups in total. The Kier molecular flexibility index (Phi) is 43.8. The number of carbonyl (C=O) groups is 11. The number of amides is 11. The maximum Gasteiger partial charge on any atom is 0.285 e. The lowest BCUT2D eigenvalue weighted by Gasteiger charge is -2.29. The van der Waals surface area contributed by atoms with Crippen LogP contribution in [-0.2, 0) is 103 Å². The second kappa shape index (κ2) is 47.8. The summed E-state index contributed by atoms with van der Waals surface area (Å²) in [7, 11) is -23.8. The first-order chi connectivity index (χ1) is 49.8. The Morgan fingerprint density at radius 3 is 1.28 bits per heavy atom. The van der Waals surface area contributed by atoms with E-state index in [1.54, 1.807) is 27.7 Å². The maximum absolute atomic E-state index is 14.9. The van der Waals surface area contributed by atoms with Gasteiger partial charge in [-0.25, -0.2) is 5.01 Å². The number of hydrogen-bond acceptors (Lipinski definition) is 29. The molecule has 46 nitrogen and oxygen atoms in total. The molecule has 12 atom stereocenters. The smallest absolute Gasteiger partial charge is 0.285 e. The standard InChI is InChI=1S/C57H107N17O29S5/c1-32(2)11-9-10-12-45(77)63-42(18-24-74(73-88)31-108(101,102)103)53(83)72-47(36(8)76)57(87)68-39(15-21-60-29-106(95,96)97)49(79)66-41-17-23-62-56(86)46(35(7)75)71-52(82)40(16-22-61-30-107(98,99)100)65-48(78)37(13-19-58-27-104(89,90)91)67-54(84)43(25-33(3)4)70-55(85)44(26-34(5)6)69-51(81)38(64-50(41)80)14-20-59-28-105(92,93)94/h32-44,46-47,58-61,75-76H,9-31H2,1-8H3,(H,62,86)(H,63,77)(H,64,80)(H,65,78)(H,66,79)(H,67,84)(H,68,87)(H,69,81)(H,70,85)(H,71,82)(H,72,83)(H,89,90,91)(H,92,93,94)(H,95,96,97)(H,98,99,100)(H,101,102,103)/t35-,36-,37+,38+,39+,40+,41+,42+,43+,44-,46+,47+/m1/s1. The van der Waals surface area contributed by atoms with Gasteiger partial charge in [0.15, 0.2) is 5.88 Å². The second-order valence-corrected chi connectivity index (χ2v) is 34.1. The number of aliphatic hydroxyl groups is 2. The van der Waals surface area contributed by atoms with E-state index in [0.717, 1.165) is 13.8 Å². The molecule has 51 heteroatoms. The molecule has 0 saturated carbocycles. The summed E-state index contributed by atoms with van der Waals surface area (Å²) in [5.74, 6) is -20.1. The van der Waals surface area contributed by atoms with E-state index >= 15 is 0 Å². The quantitative estimate of drug-likeness (QED) is 0.0117. The number of aliphatic hydroxyl groups excluding tert-OH is 2. The van der Waals surface area contributed by atoms with E-state index in [1.807, 2.05) is 13.8 Å². The number of nitroso groups, excluding NO2 is 1. The van der Waals surface area contributed by atoms with Gasteiger partial charge in [-0.3, -0.25) is 75.5 Å². The highest BCUT2D eigenvalue weighted by Crippen LogP contribution is 2.14. The van der Waals surface area contributed by atoms with Gasteiger partial charge in [0.05, 0.1) is 17.5 Å². The van der Waals surface area contributed by atoms with E-state index in [9.17, 15) is 133 Å². The summed E-state index contributed by atoms with van der Waals surface area (Å²) < 4.78 is 164. The first-order valence-electron chi connectivity index (χ1n) is 34.1. The Morgan fingerprint density at radius 1 is 0.472 bits per heavy atom. The van der Waals surface area contributed by atoms with Crippen LogP contribution in [0, 0.1) is 22.7 Å². The minimum Gasteiger partial charge on any atom is -0.391 e. The van der Waals surface area contributed by atoms with Crippen LogP contribution >= 0.6 is 0 Å². The van der Waals surface area contributed by atoms with Gasteiger partial charge in [-0.2, -0.15) is 42.1 Å². The Balaban J connectivity index is 4.37. The van der Waals surface area contributed by atoms with Crippen LogP contribution in [0.4, 0.5) is 0 Å². The first kappa shape index (κ1) is 98.9. The van der Waals surface area contributed by atoms with E-state index in [4.69, 9.17) is 0 Å². The van der Waals surface area contributed by atoms with Crippen LogP contribution in [0.25, 0.3) is 0 Å². The van der Waals surface area contributed by atoms with Gasteiger partial charge in [0.1, 0.15) is 83.9 Å². The van der Waals surface area contributed by atoms with E-state index < -0.39 is 307 Å². The van der Waals surface area contributed by atoms with E-state index in [0.29, 0.717) is 19.3 Å². The van der Waals surface area contributed by atoms with Crippen LogP contribution < -0.4 is 79.8 Å². The lowest BCUT2D eigenvalue weighted by atomic mass is 9.99. The molecule has 1 heterocycles. The molecule has 1 aliphatic heterocycles. The van der Waals surface area contributed by atoms with Crippen molar-refractivity contribution in [3.8, 4) is 0 Å². The number of hydrogen-bond donors (Lipinski definition) is 22. The van der Waals surface area contributed by atoms with Gasteiger partial charge in [-0.1, -0.05) is 54.4 Å². The van der Waals surface area contributed by atoms with E-state index in [1.165, 1.54) is 0 Å². The zero-order valence-corrected chi connectivity index (χ0v) is 65.1. The molecule has 1 fully saturated rings. The molecule has 0 aromatic carbocycles. The Bertz CT molecular complexity index is 3600. The van der Waals surface area contributed by atoms with Crippen molar-refractivity contribution in [1.82, 2.24) is 84.8 Å². The van der Waals surface area contributed by atoms with Gasteiger partial charge < -0.3 is 90.0 Å². The van der Waals surface area contributed by atoms with Gasteiger partial charge in [0.25, 0.3) is 50.6 Å². The highest BCUT2D eigenvalue weighted by molar-refractivity contribution is 7.86. The molecule has 0 aromatic heterocycles. The Morgan fingerprint density at radius 2 is 0.880 bits per heavy atom. The molecule has 624 valence electrons. The first-order valence-corrected chi connectivity index (χ1v) is 42.2. The SMILES string of the molecule is CC(C)CCCCC(=O)N[C@@H](CCN(CS(=O)(=O)O)N=O)C(=O)N[C@H](C(=O)N[C@@H](CCNCS(=O)(=O)O)C(=O)N[C@H]1CCNC(=O)[C@H]([C@@H](C)O)NC(=O)[C@H](CCNCS(=O)(=O)O)NC(=O)[C@H](CCNCS(=O)(=O)O)NC(=O)[C@H](CC(C)C)NC(=O)[C@@H](CC(C)C)NC(=O)[C@H](CCNCS(=O)(=O)O)NC1=O)[C@@H](C)O. The third kappa shape index (κ3) is 44.5. The number of rotatable bonds is 44. The summed E-state index contributed by atoms with van der Waals surface area (Å²) in [6.07, 6.45) is -6.87. The summed E-state index contributed by atoms with van der Waals surface area (Å²) in [5, 5.41) is 59.8. The van der Waals surface area contributed by atoms with Crippen molar-refractivity contribution >= 4 is 116 Å². The predicted octanol–water partition coefficient (Wildman–Crippen LogP) is -8.06. The molecule has 0 aliphatic carbocycles. The highest BCUT2D eigenvalue weighted by Gasteiger charge is 2.39. The lowest BCUT2D eigenvalue weighted by Crippen LogP contribution is -2.62.